The summed E-state index contributed by atoms with van der Waals surface area (Å²) in [5.74, 6) is -0.0739. The Hall–Kier alpha value is -1.18. The van der Waals surface area contributed by atoms with Crippen molar-refractivity contribution in [1.29, 1.82) is 0 Å². The second-order valence-electron chi connectivity index (χ2n) is 4.61. The highest BCUT2D eigenvalue weighted by molar-refractivity contribution is 14.1. The molecule has 1 amide bonds. The molecule has 5 heteroatoms. The lowest BCUT2D eigenvalue weighted by atomic mass is 10.0. The highest BCUT2D eigenvalue weighted by Crippen LogP contribution is 2.30. The molecule has 0 bridgehead atoms. The summed E-state index contributed by atoms with van der Waals surface area (Å²) in [4.78, 5) is 12.4. The normalized spacial score (nSPS) is 10.5. The van der Waals surface area contributed by atoms with E-state index in [1.807, 2.05) is 60.0 Å². The lowest BCUT2D eigenvalue weighted by Crippen LogP contribution is -2.12. The topological polar surface area (TPSA) is 29.1 Å². The van der Waals surface area contributed by atoms with Crippen LogP contribution in [0.2, 0.25) is 0 Å². The fourth-order valence-corrected chi connectivity index (χ4v) is 3.86. The summed E-state index contributed by atoms with van der Waals surface area (Å²) in [6.45, 7) is 0. The number of thiophene rings is 1. The number of hydrogen-bond donors (Lipinski definition) is 1. The molecular formula is C17H11BrINOS. The SMILES string of the molecule is O=C(Nc1ccccc1-c1ccc(Br)cc1)c1ccsc1I. The molecule has 0 atom stereocenters. The molecule has 0 radical (unpaired) electrons. The summed E-state index contributed by atoms with van der Waals surface area (Å²) >= 11 is 7.20. The molecule has 3 rings (SSSR count). The largest absolute Gasteiger partial charge is 0.321 e. The molecule has 0 saturated carbocycles. The van der Waals surface area contributed by atoms with Gasteiger partial charge in [0.15, 0.2) is 0 Å². The molecule has 110 valence electrons. The summed E-state index contributed by atoms with van der Waals surface area (Å²) in [6, 6.07) is 17.7. The van der Waals surface area contributed by atoms with Gasteiger partial charge in [0.1, 0.15) is 0 Å². The second kappa shape index (κ2) is 6.93. The van der Waals surface area contributed by atoms with Crippen LogP contribution in [0.4, 0.5) is 5.69 Å². The van der Waals surface area contributed by atoms with Crippen LogP contribution in [0.25, 0.3) is 11.1 Å². The van der Waals surface area contributed by atoms with Crippen molar-refractivity contribution in [2.75, 3.05) is 5.32 Å². The Morgan fingerprint density at radius 3 is 2.45 bits per heavy atom. The third-order valence-electron chi connectivity index (χ3n) is 3.19. The summed E-state index contributed by atoms with van der Waals surface area (Å²) in [6.07, 6.45) is 0. The van der Waals surface area contributed by atoms with Crippen LogP contribution in [-0.2, 0) is 0 Å². The molecule has 3 aromatic rings. The van der Waals surface area contributed by atoms with Gasteiger partial charge in [-0.15, -0.1) is 11.3 Å². The van der Waals surface area contributed by atoms with E-state index >= 15 is 0 Å². The quantitative estimate of drug-likeness (QED) is 0.452. The molecule has 0 unspecified atom stereocenters. The first-order valence-electron chi connectivity index (χ1n) is 6.54. The van der Waals surface area contributed by atoms with Gasteiger partial charge in [0.2, 0.25) is 0 Å². The molecule has 0 aliphatic rings. The molecule has 2 aromatic carbocycles. The Kier molecular flexibility index (Phi) is 4.95. The van der Waals surface area contributed by atoms with Crippen molar-refractivity contribution in [1.82, 2.24) is 0 Å². The molecule has 0 fully saturated rings. The van der Waals surface area contributed by atoms with E-state index < -0.39 is 0 Å². The zero-order chi connectivity index (χ0) is 15.5. The highest BCUT2D eigenvalue weighted by atomic mass is 127. The van der Waals surface area contributed by atoms with Crippen LogP contribution in [0.1, 0.15) is 10.4 Å². The molecule has 0 saturated heterocycles. The van der Waals surface area contributed by atoms with Gasteiger partial charge in [0.05, 0.1) is 8.45 Å². The first-order valence-corrected chi connectivity index (χ1v) is 9.29. The molecular weight excluding hydrogens is 473 g/mol. The third kappa shape index (κ3) is 3.42. The maximum atomic E-state index is 12.4. The smallest absolute Gasteiger partial charge is 0.257 e. The fraction of sp³-hybridized carbons (Fsp3) is 0. The van der Waals surface area contributed by atoms with E-state index in [2.05, 4.69) is 43.8 Å². The molecule has 0 spiro atoms. The van der Waals surface area contributed by atoms with E-state index in [0.29, 0.717) is 0 Å². The van der Waals surface area contributed by atoms with E-state index in [1.54, 1.807) is 11.3 Å². The van der Waals surface area contributed by atoms with Crippen molar-refractivity contribution in [3.05, 3.63) is 72.9 Å². The number of hydrogen-bond acceptors (Lipinski definition) is 2. The first kappa shape index (κ1) is 15.7. The molecule has 1 heterocycles. The van der Waals surface area contributed by atoms with Gasteiger partial charge in [-0.2, -0.15) is 0 Å². The number of benzene rings is 2. The van der Waals surface area contributed by atoms with Gasteiger partial charge in [-0.1, -0.05) is 46.3 Å². The third-order valence-corrected chi connectivity index (χ3v) is 5.76. The number of anilines is 1. The van der Waals surface area contributed by atoms with E-state index in [-0.39, 0.29) is 5.91 Å². The Morgan fingerprint density at radius 1 is 1.05 bits per heavy atom. The minimum atomic E-state index is -0.0739. The molecule has 22 heavy (non-hydrogen) atoms. The second-order valence-corrected chi connectivity index (χ2v) is 8.26. The number of halogens is 2. The van der Waals surface area contributed by atoms with Gasteiger partial charge in [-0.25, -0.2) is 0 Å². The van der Waals surface area contributed by atoms with Gasteiger partial charge >= 0.3 is 0 Å². The number of amides is 1. The monoisotopic (exact) mass is 483 g/mol. The van der Waals surface area contributed by atoms with Crippen molar-refractivity contribution in [2.45, 2.75) is 0 Å². The van der Waals surface area contributed by atoms with Crippen LogP contribution < -0.4 is 5.32 Å². The van der Waals surface area contributed by atoms with Gasteiger partial charge < -0.3 is 5.32 Å². The molecule has 0 aliphatic heterocycles. The van der Waals surface area contributed by atoms with E-state index in [4.69, 9.17) is 0 Å². The maximum Gasteiger partial charge on any atom is 0.257 e. The summed E-state index contributed by atoms with van der Waals surface area (Å²) < 4.78 is 2.03. The van der Waals surface area contributed by atoms with Crippen LogP contribution in [0, 0.1) is 2.88 Å². The Labute approximate surface area is 154 Å². The lowest BCUT2D eigenvalue weighted by Gasteiger charge is -2.11. The molecule has 1 aromatic heterocycles. The van der Waals surface area contributed by atoms with Gasteiger partial charge in [-0.05, 0) is 57.8 Å². The maximum absolute atomic E-state index is 12.4. The highest BCUT2D eigenvalue weighted by Gasteiger charge is 2.13. The van der Waals surface area contributed by atoms with Crippen molar-refractivity contribution in [3.8, 4) is 11.1 Å². The Bertz CT molecular complexity index is 814. The number of rotatable bonds is 3. The Morgan fingerprint density at radius 2 is 1.77 bits per heavy atom. The predicted molar refractivity (Wildman–Crippen MR) is 105 cm³/mol. The summed E-state index contributed by atoms with van der Waals surface area (Å²) in [5.41, 5.74) is 3.61. The van der Waals surface area contributed by atoms with Gasteiger partial charge in [0.25, 0.3) is 5.91 Å². The van der Waals surface area contributed by atoms with Crippen LogP contribution in [-0.4, -0.2) is 5.91 Å². The van der Waals surface area contributed by atoms with E-state index in [9.17, 15) is 4.79 Å². The van der Waals surface area contributed by atoms with Crippen LogP contribution in [0.15, 0.2) is 64.5 Å². The number of carbonyl (C=O) groups is 1. The van der Waals surface area contributed by atoms with Crippen molar-refractivity contribution < 1.29 is 4.79 Å². The minimum Gasteiger partial charge on any atom is -0.321 e. The first-order chi connectivity index (χ1) is 10.6. The minimum absolute atomic E-state index is 0.0739. The van der Waals surface area contributed by atoms with Crippen molar-refractivity contribution in [2.24, 2.45) is 0 Å². The average Bonchev–Trinajstić information content (AvgIpc) is 2.95. The van der Waals surface area contributed by atoms with E-state index in [0.717, 1.165) is 29.7 Å². The zero-order valence-electron chi connectivity index (χ0n) is 11.3. The Balaban J connectivity index is 1.93. The van der Waals surface area contributed by atoms with Crippen molar-refractivity contribution in [3.63, 3.8) is 0 Å². The predicted octanol–water partition coefficient (Wildman–Crippen LogP) is 6.03. The standard InChI is InChI=1S/C17H11BrINOS/c18-12-7-5-11(6-8-12)13-3-1-2-4-15(13)20-17(21)14-9-10-22-16(14)19/h1-10H,(H,20,21). The molecule has 2 nitrogen and oxygen atoms in total. The van der Waals surface area contributed by atoms with Gasteiger partial charge in [0, 0.05) is 15.7 Å². The lowest BCUT2D eigenvalue weighted by molar-refractivity contribution is 0.102. The van der Waals surface area contributed by atoms with Crippen LogP contribution in [0.3, 0.4) is 0 Å². The molecule has 1 N–H and O–H groups in total. The number of carbonyl (C=O) groups excluding carboxylic acids is 1. The number of nitrogens with one attached hydrogen (secondary N) is 1. The summed E-state index contributed by atoms with van der Waals surface area (Å²) in [5, 5.41) is 4.95. The van der Waals surface area contributed by atoms with Crippen LogP contribution >= 0.6 is 49.9 Å². The van der Waals surface area contributed by atoms with E-state index in [1.165, 1.54) is 0 Å². The number of para-hydroxylation sites is 1. The van der Waals surface area contributed by atoms with Gasteiger partial charge in [-0.3, -0.25) is 4.79 Å². The zero-order valence-corrected chi connectivity index (χ0v) is 15.9. The summed E-state index contributed by atoms with van der Waals surface area (Å²) in [7, 11) is 0. The fourth-order valence-electron chi connectivity index (χ4n) is 2.12. The van der Waals surface area contributed by atoms with Crippen molar-refractivity contribution >= 4 is 61.5 Å². The van der Waals surface area contributed by atoms with Crippen LogP contribution in [0.5, 0.6) is 0 Å². The average molecular weight is 484 g/mol. The molecule has 0 aliphatic carbocycles.